The Hall–Kier alpha value is -2.06. The highest BCUT2D eigenvalue weighted by Gasteiger charge is 2.03. The fourth-order valence-electron chi connectivity index (χ4n) is 2.19. The number of ether oxygens (including phenoxy) is 1. The van der Waals surface area contributed by atoms with Crippen LogP contribution < -0.4 is 4.74 Å². The number of hydrogen-bond acceptors (Lipinski definition) is 1. The first kappa shape index (κ1) is 13.9. The van der Waals surface area contributed by atoms with Gasteiger partial charge in [0.15, 0.2) is 0 Å². The van der Waals surface area contributed by atoms with E-state index in [0.717, 1.165) is 15.8 Å². The lowest BCUT2D eigenvalue weighted by Crippen LogP contribution is -1.95. The Kier molecular flexibility index (Phi) is 4.37. The van der Waals surface area contributed by atoms with Crippen molar-refractivity contribution in [3.05, 3.63) is 88.9 Å². The third-order valence-electron chi connectivity index (χ3n) is 3.27. The molecule has 0 aliphatic carbocycles. The quantitative estimate of drug-likeness (QED) is 0.593. The van der Waals surface area contributed by atoms with Gasteiger partial charge in [-0.2, -0.15) is 0 Å². The maximum absolute atomic E-state index is 5.88. The van der Waals surface area contributed by atoms with Crippen LogP contribution in [0.5, 0.6) is 5.75 Å². The Morgan fingerprint density at radius 1 is 0.762 bits per heavy atom. The van der Waals surface area contributed by atoms with Gasteiger partial charge in [-0.1, -0.05) is 76.6 Å². The summed E-state index contributed by atoms with van der Waals surface area (Å²) in [6, 6.07) is 26.6. The van der Waals surface area contributed by atoms with Crippen molar-refractivity contribution in [3.63, 3.8) is 0 Å². The van der Waals surface area contributed by atoms with E-state index in [9.17, 15) is 0 Å². The molecule has 0 atom stereocenters. The molecule has 0 aromatic heterocycles. The second kappa shape index (κ2) is 6.59. The lowest BCUT2D eigenvalue weighted by atomic mass is 10.1. The molecule has 0 saturated carbocycles. The molecule has 0 bridgehead atoms. The summed E-state index contributed by atoms with van der Waals surface area (Å²) in [6.07, 6.45) is 0. The Bertz CT molecular complexity index is 722. The maximum atomic E-state index is 5.88. The van der Waals surface area contributed by atoms with Gasteiger partial charge in [-0.3, -0.25) is 0 Å². The molecule has 0 aliphatic rings. The van der Waals surface area contributed by atoms with Crippen molar-refractivity contribution in [2.75, 3.05) is 0 Å². The molecule has 0 radical (unpaired) electrons. The summed E-state index contributed by atoms with van der Waals surface area (Å²) in [6.45, 7) is 0.584. The third kappa shape index (κ3) is 3.53. The van der Waals surface area contributed by atoms with Gasteiger partial charge in [-0.05, 0) is 34.9 Å². The van der Waals surface area contributed by atoms with Crippen molar-refractivity contribution in [1.82, 2.24) is 0 Å². The highest BCUT2D eigenvalue weighted by molar-refractivity contribution is 9.10. The smallest absolute Gasteiger partial charge is 0.120 e. The van der Waals surface area contributed by atoms with Crippen LogP contribution in [-0.4, -0.2) is 0 Å². The average Bonchev–Trinajstić information content (AvgIpc) is 2.55. The second-order valence-electron chi connectivity index (χ2n) is 4.78. The van der Waals surface area contributed by atoms with Crippen LogP contribution in [0.1, 0.15) is 5.56 Å². The van der Waals surface area contributed by atoms with Crippen molar-refractivity contribution < 1.29 is 4.74 Å². The van der Waals surface area contributed by atoms with Crippen molar-refractivity contribution in [3.8, 4) is 16.9 Å². The van der Waals surface area contributed by atoms with Gasteiger partial charge in [-0.25, -0.2) is 0 Å². The minimum atomic E-state index is 0.584. The molecule has 21 heavy (non-hydrogen) atoms. The third-order valence-corrected chi connectivity index (χ3v) is 3.96. The van der Waals surface area contributed by atoms with Crippen molar-refractivity contribution in [2.45, 2.75) is 6.61 Å². The van der Waals surface area contributed by atoms with Crippen LogP contribution in [0.15, 0.2) is 83.3 Å². The lowest BCUT2D eigenvalue weighted by Gasteiger charge is -2.09. The van der Waals surface area contributed by atoms with E-state index in [1.165, 1.54) is 11.1 Å². The number of halogens is 1. The van der Waals surface area contributed by atoms with Gasteiger partial charge in [-0.15, -0.1) is 0 Å². The molecule has 1 nitrogen and oxygen atoms in total. The van der Waals surface area contributed by atoms with Crippen molar-refractivity contribution in [1.29, 1.82) is 0 Å². The van der Waals surface area contributed by atoms with E-state index < -0.39 is 0 Å². The SMILES string of the molecule is Brc1ccccc1-c1cccc(OCc2ccccc2)c1. The molecule has 0 fully saturated rings. The van der Waals surface area contributed by atoms with Crippen LogP contribution in [0, 0.1) is 0 Å². The van der Waals surface area contributed by atoms with E-state index in [1.54, 1.807) is 0 Å². The standard InChI is InChI=1S/C19H15BrO/c20-19-12-5-4-11-18(19)16-9-6-10-17(13-16)21-14-15-7-2-1-3-8-15/h1-13H,14H2. The average molecular weight is 339 g/mol. The monoisotopic (exact) mass is 338 g/mol. The Balaban J connectivity index is 1.79. The van der Waals surface area contributed by atoms with E-state index in [2.05, 4.69) is 46.3 Å². The second-order valence-corrected chi connectivity index (χ2v) is 5.64. The number of hydrogen-bond donors (Lipinski definition) is 0. The lowest BCUT2D eigenvalue weighted by molar-refractivity contribution is 0.306. The molecule has 0 unspecified atom stereocenters. The van der Waals surface area contributed by atoms with Crippen LogP contribution in [0.2, 0.25) is 0 Å². The molecule has 2 heteroatoms. The zero-order valence-electron chi connectivity index (χ0n) is 11.5. The molecule has 3 rings (SSSR count). The summed E-state index contributed by atoms with van der Waals surface area (Å²) in [5, 5.41) is 0. The molecule has 0 aliphatic heterocycles. The predicted octanol–water partition coefficient (Wildman–Crippen LogP) is 5.70. The molecule has 0 N–H and O–H groups in total. The van der Waals surface area contributed by atoms with E-state index in [4.69, 9.17) is 4.74 Å². The molecular weight excluding hydrogens is 324 g/mol. The number of benzene rings is 3. The maximum Gasteiger partial charge on any atom is 0.120 e. The fraction of sp³-hybridized carbons (Fsp3) is 0.0526. The van der Waals surface area contributed by atoms with Crippen LogP contribution in [-0.2, 0) is 6.61 Å². The molecule has 3 aromatic carbocycles. The Labute approximate surface area is 133 Å². The summed E-state index contributed by atoms with van der Waals surface area (Å²) < 4.78 is 6.97. The van der Waals surface area contributed by atoms with Crippen molar-refractivity contribution in [2.24, 2.45) is 0 Å². The van der Waals surface area contributed by atoms with E-state index in [1.807, 2.05) is 48.5 Å². The summed E-state index contributed by atoms with van der Waals surface area (Å²) in [4.78, 5) is 0. The molecule has 0 saturated heterocycles. The van der Waals surface area contributed by atoms with E-state index in [-0.39, 0.29) is 0 Å². The number of rotatable bonds is 4. The van der Waals surface area contributed by atoms with Gasteiger partial charge < -0.3 is 4.74 Å². The molecule has 3 aromatic rings. The molecule has 0 spiro atoms. The van der Waals surface area contributed by atoms with Crippen LogP contribution >= 0.6 is 15.9 Å². The topological polar surface area (TPSA) is 9.23 Å². The highest BCUT2D eigenvalue weighted by atomic mass is 79.9. The first-order chi connectivity index (χ1) is 10.3. The van der Waals surface area contributed by atoms with Gasteiger partial charge >= 0.3 is 0 Å². The summed E-state index contributed by atoms with van der Waals surface area (Å²) in [7, 11) is 0. The summed E-state index contributed by atoms with van der Waals surface area (Å²) in [5.74, 6) is 0.882. The van der Waals surface area contributed by atoms with Crippen LogP contribution in [0.4, 0.5) is 0 Å². The Morgan fingerprint density at radius 3 is 2.33 bits per heavy atom. The normalized spacial score (nSPS) is 10.3. The zero-order valence-corrected chi connectivity index (χ0v) is 13.1. The summed E-state index contributed by atoms with van der Waals surface area (Å²) >= 11 is 3.59. The van der Waals surface area contributed by atoms with Gasteiger partial charge in [0.25, 0.3) is 0 Å². The minimum Gasteiger partial charge on any atom is -0.489 e. The van der Waals surface area contributed by atoms with Gasteiger partial charge in [0.2, 0.25) is 0 Å². The molecule has 0 amide bonds. The first-order valence-corrected chi connectivity index (χ1v) is 7.64. The van der Waals surface area contributed by atoms with Gasteiger partial charge in [0.05, 0.1) is 0 Å². The van der Waals surface area contributed by atoms with E-state index >= 15 is 0 Å². The molecule has 0 heterocycles. The Morgan fingerprint density at radius 2 is 1.52 bits per heavy atom. The highest BCUT2D eigenvalue weighted by Crippen LogP contribution is 2.30. The van der Waals surface area contributed by atoms with Crippen molar-refractivity contribution >= 4 is 15.9 Å². The largest absolute Gasteiger partial charge is 0.489 e. The van der Waals surface area contributed by atoms with Gasteiger partial charge in [0, 0.05) is 4.47 Å². The van der Waals surface area contributed by atoms with Gasteiger partial charge in [0.1, 0.15) is 12.4 Å². The first-order valence-electron chi connectivity index (χ1n) is 6.84. The molecular formula is C19H15BrO. The molecule has 104 valence electrons. The van der Waals surface area contributed by atoms with Crippen LogP contribution in [0.25, 0.3) is 11.1 Å². The van der Waals surface area contributed by atoms with E-state index in [0.29, 0.717) is 6.61 Å². The zero-order chi connectivity index (χ0) is 14.5. The van der Waals surface area contributed by atoms with Crippen LogP contribution in [0.3, 0.4) is 0 Å². The fourth-order valence-corrected chi connectivity index (χ4v) is 2.70. The summed E-state index contributed by atoms with van der Waals surface area (Å²) in [5.41, 5.74) is 3.49. The minimum absolute atomic E-state index is 0.584. The predicted molar refractivity (Wildman–Crippen MR) is 90.4 cm³/mol.